The summed E-state index contributed by atoms with van der Waals surface area (Å²) >= 11 is 0. The lowest BCUT2D eigenvalue weighted by molar-refractivity contribution is 0.356. The summed E-state index contributed by atoms with van der Waals surface area (Å²) in [6.45, 7) is 0. The summed E-state index contributed by atoms with van der Waals surface area (Å²) in [5.41, 5.74) is 2.15. The number of hydrogen-bond acceptors (Lipinski definition) is 3. The largest absolute Gasteiger partial charge is 0.493 e. The van der Waals surface area contributed by atoms with E-state index >= 15 is 0 Å². The van der Waals surface area contributed by atoms with Crippen LogP contribution in [-0.2, 0) is 7.05 Å². The lowest BCUT2D eigenvalue weighted by Crippen LogP contribution is -1.92. The van der Waals surface area contributed by atoms with E-state index in [-0.39, 0.29) is 0 Å². The molecule has 0 atom stereocenters. The van der Waals surface area contributed by atoms with Crippen molar-refractivity contribution in [2.24, 2.45) is 7.05 Å². The van der Waals surface area contributed by atoms with Gasteiger partial charge in [0.2, 0.25) is 0 Å². The minimum atomic E-state index is 0.719. The highest BCUT2D eigenvalue weighted by Gasteiger charge is 2.14. The van der Waals surface area contributed by atoms with E-state index in [1.807, 2.05) is 31.4 Å². The summed E-state index contributed by atoms with van der Waals surface area (Å²) < 4.78 is 13.0. The van der Waals surface area contributed by atoms with Crippen LogP contribution in [0.1, 0.15) is 0 Å². The average Bonchev–Trinajstić information content (AvgIpc) is 2.87. The number of aryl methyl sites for hydroxylation is 1. The quantitative estimate of drug-likeness (QED) is 0.562. The predicted octanol–water partition coefficient (Wildman–Crippen LogP) is 3.90. The van der Waals surface area contributed by atoms with E-state index in [1.165, 1.54) is 10.9 Å². The molecule has 0 unspecified atom stereocenters. The van der Waals surface area contributed by atoms with Gasteiger partial charge in [-0.2, -0.15) is 0 Å². The van der Waals surface area contributed by atoms with E-state index in [1.54, 1.807) is 14.2 Å². The summed E-state index contributed by atoms with van der Waals surface area (Å²) in [5, 5.41) is 4.52. The van der Waals surface area contributed by atoms with Crippen LogP contribution in [-0.4, -0.2) is 23.8 Å². The molecule has 0 spiro atoms. The van der Waals surface area contributed by atoms with Crippen LogP contribution in [0.3, 0.4) is 0 Å². The first kappa shape index (κ1) is 13.0. The molecule has 0 aliphatic rings. The molecule has 4 heteroatoms. The molecule has 0 aliphatic heterocycles. The zero-order chi connectivity index (χ0) is 15.3. The molecule has 110 valence electrons. The summed E-state index contributed by atoms with van der Waals surface area (Å²) in [5.74, 6) is 1.45. The number of pyridine rings is 1. The molecule has 0 aliphatic carbocycles. The second kappa shape index (κ2) is 4.63. The van der Waals surface area contributed by atoms with Crippen molar-refractivity contribution < 1.29 is 9.47 Å². The van der Waals surface area contributed by atoms with Gasteiger partial charge in [-0.1, -0.05) is 18.2 Å². The van der Waals surface area contributed by atoms with Gasteiger partial charge in [-0.15, -0.1) is 0 Å². The SMILES string of the molecule is COc1cc2cnc3c(c2cc1OC)c1ccccc1n3C. The maximum absolute atomic E-state index is 5.46. The van der Waals surface area contributed by atoms with Gasteiger partial charge in [0.05, 0.1) is 19.7 Å². The zero-order valence-electron chi connectivity index (χ0n) is 12.8. The minimum Gasteiger partial charge on any atom is -0.493 e. The summed E-state index contributed by atoms with van der Waals surface area (Å²) in [6.07, 6.45) is 1.89. The Balaban J connectivity index is 2.25. The number of aromatic nitrogens is 2. The molecule has 2 heterocycles. The van der Waals surface area contributed by atoms with Gasteiger partial charge < -0.3 is 14.0 Å². The van der Waals surface area contributed by atoms with Gasteiger partial charge in [-0.05, 0) is 23.6 Å². The van der Waals surface area contributed by atoms with Crippen LogP contribution < -0.4 is 9.47 Å². The number of rotatable bonds is 2. The number of nitrogens with zero attached hydrogens (tertiary/aromatic N) is 2. The predicted molar refractivity (Wildman–Crippen MR) is 88.8 cm³/mol. The molecule has 0 N–H and O–H groups in total. The smallest absolute Gasteiger partial charge is 0.161 e. The van der Waals surface area contributed by atoms with Crippen LogP contribution in [0.2, 0.25) is 0 Å². The van der Waals surface area contributed by atoms with Gasteiger partial charge in [0.25, 0.3) is 0 Å². The number of para-hydroxylation sites is 1. The second-order valence-electron chi connectivity index (χ2n) is 5.33. The standard InChI is InChI=1S/C18H16N2O2/c1-20-14-7-5-4-6-12(14)17-13-9-16(22-3)15(21-2)8-11(13)10-19-18(17)20/h4-10H,1-3H3. The zero-order valence-corrected chi connectivity index (χ0v) is 12.8. The van der Waals surface area contributed by atoms with Crippen molar-refractivity contribution in [2.75, 3.05) is 14.2 Å². The van der Waals surface area contributed by atoms with Crippen LogP contribution in [0.15, 0.2) is 42.6 Å². The highest BCUT2D eigenvalue weighted by molar-refractivity contribution is 6.19. The van der Waals surface area contributed by atoms with E-state index in [9.17, 15) is 0 Å². The lowest BCUT2D eigenvalue weighted by Gasteiger charge is -2.09. The maximum atomic E-state index is 5.46. The molecule has 4 rings (SSSR count). The van der Waals surface area contributed by atoms with E-state index in [4.69, 9.17) is 9.47 Å². The molecule has 0 saturated heterocycles. The molecule has 2 aromatic heterocycles. The first-order chi connectivity index (χ1) is 10.7. The maximum Gasteiger partial charge on any atom is 0.161 e. The lowest BCUT2D eigenvalue weighted by atomic mass is 10.1. The molecule has 0 saturated carbocycles. The van der Waals surface area contributed by atoms with Crippen molar-refractivity contribution >= 4 is 32.7 Å². The molecular formula is C18H16N2O2. The Labute approximate surface area is 127 Å². The topological polar surface area (TPSA) is 36.3 Å². The van der Waals surface area contributed by atoms with Crippen LogP contribution in [0.25, 0.3) is 32.7 Å². The van der Waals surface area contributed by atoms with E-state index < -0.39 is 0 Å². The molecule has 22 heavy (non-hydrogen) atoms. The Bertz CT molecular complexity index is 1020. The van der Waals surface area contributed by atoms with Gasteiger partial charge in [-0.3, -0.25) is 0 Å². The number of ether oxygens (including phenoxy) is 2. The van der Waals surface area contributed by atoms with Gasteiger partial charge in [0.15, 0.2) is 11.5 Å². The van der Waals surface area contributed by atoms with Crippen molar-refractivity contribution in [1.82, 2.24) is 9.55 Å². The fourth-order valence-electron chi connectivity index (χ4n) is 3.15. The molecule has 2 aromatic carbocycles. The highest BCUT2D eigenvalue weighted by Crippen LogP contribution is 2.38. The number of benzene rings is 2. The average molecular weight is 292 g/mol. The van der Waals surface area contributed by atoms with Crippen LogP contribution in [0.4, 0.5) is 0 Å². The van der Waals surface area contributed by atoms with Crippen molar-refractivity contribution in [3.63, 3.8) is 0 Å². The molecule has 4 aromatic rings. The molecule has 0 bridgehead atoms. The first-order valence-electron chi connectivity index (χ1n) is 7.12. The Kier molecular flexibility index (Phi) is 2.73. The van der Waals surface area contributed by atoms with Gasteiger partial charge in [0.1, 0.15) is 5.65 Å². The Morgan fingerprint density at radius 2 is 1.68 bits per heavy atom. The Hall–Kier alpha value is -2.75. The van der Waals surface area contributed by atoms with E-state index in [0.717, 1.165) is 33.3 Å². The molecule has 0 fully saturated rings. The van der Waals surface area contributed by atoms with Crippen molar-refractivity contribution in [2.45, 2.75) is 0 Å². The van der Waals surface area contributed by atoms with Crippen molar-refractivity contribution in [3.05, 3.63) is 42.6 Å². The van der Waals surface area contributed by atoms with Crippen LogP contribution in [0.5, 0.6) is 11.5 Å². The van der Waals surface area contributed by atoms with Crippen molar-refractivity contribution in [3.8, 4) is 11.5 Å². The Morgan fingerprint density at radius 1 is 0.955 bits per heavy atom. The minimum absolute atomic E-state index is 0.719. The third-order valence-corrected chi connectivity index (χ3v) is 4.23. The van der Waals surface area contributed by atoms with Gasteiger partial charge in [0, 0.05) is 29.4 Å². The highest BCUT2D eigenvalue weighted by atomic mass is 16.5. The monoisotopic (exact) mass is 292 g/mol. The van der Waals surface area contributed by atoms with Crippen LogP contribution in [0, 0.1) is 0 Å². The second-order valence-corrected chi connectivity index (χ2v) is 5.33. The van der Waals surface area contributed by atoms with Gasteiger partial charge in [-0.25, -0.2) is 4.98 Å². The molecular weight excluding hydrogens is 276 g/mol. The fraction of sp³-hybridized carbons (Fsp3) is 0.167. The fourth-order valence-corrected chi connectivity index (χ4v) is 3.15. The number of hydrogen-bond donors (Lipinski definition) is 0. The first-order valence-corrected chi connectivity index (χ1v) is 7.12. The molecule has 0 radical (unpaired) electrons. The summed E-state index contributed by atoms with van der Waals surface area (Å²) in [7, 11) is 5.35. The number of fused-ring (bicyclic) bond motifs is 5. The van der Waals surface area contributed by atoms with E-state index in [2.05, 4.69) is 27.8 Å². The Morgan fingerprint density at radius 3 is 2.45 bits per heavy atom. The van der Waals surface area contributed by atoms with Crippen molar-refractivity contribution in [1.29, 1.82) is 0 Å². The molecule has 4 nitrogen and oxygen atoms in total. The van der Waals surface area contributed by atoms with Gasteiger partial charge >= 0.3 is 0 Å². The summed E-state index contributed by atoms with van der Waals surface area (Å²) in [6, 6.07) is 12.4. The normalized spacial score (nSPS) is 11.4. The molecule has 0 amide bonds. The van der Waals surface area contributed by atoms with E-state index in [0.29, 0.717) is 0 Å². The third-order valence-electron chi connectivity index (χ3n) is 4.23. The van der Waals surface area contributed by atoms with Crippen LogP contribution >= 0.6 is 0 Å². The number of methoxy groups -OCH3 is 2. The summed E-state index contributed by atoms with van der Waals surface area (Å²) in [4.78, 5) is 4.64. The third kappa shape index (κ3) is 1.61.